The number of carbonyl (C=O) groups is 2. The first-order valence-electron chi connectivity index (χ1n) is 14.8. The topological polar surface area (TPSA) is 106 Å². The summed E-state index contributed by atoms with van der Waals surface area (Å²) in [7, 11) is 1.45. The van der Waals surface area contributed by atoms with Gasteiger partial charge in [0.15, 0.2) is 0 Å². The number of aromatic carboxylic acids is 1. The molecule has 0 spiro atoms. The number of carboxylic acids is 1. The van der Waals surface area contributed by atoms with Gasteiger partial charge in [-0.1, -0.05) is 48.0 Å². The monoisotopic (exact) mass is 568 g/mol. The van der Waals surface area contributed by atoms with Crippen molar-refractivity contribution in [3.63, 3.8) is 0 Å². The van der Waals surface area contributed by atoms with E-state index in [9.17, 15) is 9.59 Å². The van der Waals surface area contributed by atoms with Crippen molar-refractivity contribution in [3.8, 4) is 0 Å². The largest absolute Gasteiger partial charge is 0.478 e. The molecule has 2 N–H and O–H groups in total. The molecule has 42 heavy (non-hydrogen) atoms. The van der Waals surface area contributed by atoms with Gasteiger partial charge in [0.05, 0.1) is 23.6 Å². The Hall–Kier alpha value is -4.04. The standard InChI is InChI=1S/C34H40N4O4/c1-22-28(30(34(2,3)33(41)42-4)26-14-13-24-17-18-35-21-27(24)20-26)15-16-29-31(22)36-37-38(29)19-7-5-6-8-23-9-11-25(12-10-23)32(39)40/h9-16,20,30,35H,5-8,17-19,21H2,1-4H3,(H,39,40). The predicted octanol–water partition coefficient (Wildman–Crippen LogP) is 5.83. The number of aryl methyl sites for hydroxylation is 3. The van der Waals surface area contributed by atoms with Gasteiger partial charge in [0.25, 0.3) is 0 Å². The fraction of sp³-hybridized carbons (Fsp3) is 0.412. The summed E-state index contributed by atoms with van der Waals surface area (Å²) in [6.45, 7) is 8.58. The Labute approximate surface area is 247 Å². The lowest BCUT2D eigenvalue weighted by Crippen LogP contribution is -2.34. The number of rotatable bonds is 11. The van der Waals surface area contributed by atoms with Crippen LogP contribution < -0.4 is 5.32 Å². The average Bonchev–Trinajstić information content (AvgIpc) is 3.41. The Bertz CT molecular complexity index is 1590. The molecule has 0 saturated heterocycles. The average molecular weight is 569 g/mol. The second-order valence-electron chi connectivity index (χ2n) is 11.9. The number of nitrogens with one attached hydrogen (secondary N) is 1. The van der Waals surface area contributed by atoms with Crippen molar-refractivity contribution in [3.05, 3.63) is 93.5 Å². The molecule has 2 heterocycles. The van der Waals surface area contributed by atoms with Crippen LogP contribution in [0.5, 0.6) is 0 Å². The fourth-order valence-electron chi connectivity index (χ4n) is 6.29. The molecular weight excluding hydrogens is 528 g/mol. The second-order valence-corrected chi connectivity index (χ2v) is 11.9. The quantitative estimate of drug-likeness (QED) is 0.173. The Morgan fingerprint density at radius 3 is 2.57 bits per heavy atom. The zero-order chi connectivity index (χ0) is 29.9. The van der Waals surface area contributed by atoms with Crippen molar-refractivity contribution in [1.82, 2.24) is 20.3 Å². The number of aromatic nitrogens is 3. The van der Waals surface area contributed by atoms with Gasteiger partial charge in [0, 0.05) is 19.0 Å². The van der Waals surface area contributed by atoms with Crippen LogP contribution >= 0.6 is 0 Å². The van der Waals surface area contributed by atoms with E-state index in [1.807, 2.05) is 30.7 Å². The van der Waals surface area contributed by atoms with E-state index < -0.39 is 11.4 Å². The third-order valence-corrected chi connectivity index (χ3v) is 8.71. The normalized spacial score (nSPS) is 14.0. The van der Waals surface area contributed by atoms with E-state index in [2.05, 4.69) is 52.9 Å². The molecule has 4 aromatic rings. The summed E-state index contributed by atoms with van der Waals surface area (Å²) >= 11 is 0. The number of nitrogens with zero attached hydrogens (tertiary/aromatic N) is 3. The number of carbonyl (C=O) groups excluding carboxylic acids is 1. The third kappa shape index (κ3) is 5.95. The van der Waals surface area contributed by atoms with Crippen molar-refractivity contribution < 1.29 is 19.4 Å². The zero-order valence-electron chi connectivity index (χ0n) is 24.9. The van der Waals surface area contributed by atoms with Crippen LogP contribution in [0.2, 0.25) is 0 Å². The summed E-state index contributed by atoms with van der Waals surface area (Å²) in [5.74, 6) is -1.36. The molecule has 5 rings (SSSR count). The Morgan fingerprint density at radius 1 is 1.05 bits per heavy atom. The molecule has 0 saturated carbocycles. The lowest BCUT2D eigenvalue weighted by Gasteiger charge is -2.34. The molecule has 1 atom stereocenters. The Balaban J connectivity index is 1.34. The van der Waals surface area contributed by atoms with E-state index in [4.69, 9.17) is 9.84 Å². The summed E-state index contributed by atoms with van der Waals surface area (Å²) in [4.78, 5) is 24.2. The molecule has 1 aliphatic rings. The molecule has 220 valence electrons. The molecule has 0 amide bonds. The van der Waals surface area contributed by atoms with Crippen LogP contribution in [0.1, 0.15) is 82.8 Å². The van der Waals surface area contributed by atoms with Crippen molar-refractivity contribution in [2.75, 3.05) is 13.7 Å². The number of hydrogen-bond acceptors (Lipinski definition) is 6. The minimum absolute atomic E-state index is 0.212. The molecule has 1 aromatic heterocycles. The summed E-state index contributed by atoms with van der Waals surface area (Å²) < 4.78 is 7.25. The highest BCUT2D eigenvalue weighted by Crippen LogP contribution is 2.44. The van der Waals surface area contributed by atoms with Crippen LogP contribution in [-0.2, 0) is 35.5 Å². The molecule has 1 unspecified atom stereocenters. The maximum atomic E-state index is 13.1. The number of ether oxygens (including phenoxy) is 1. The van der Waals surface area contributed by atoms with Gasteiger partial charge in [0.2, 0.25) is 0 Å². The predicted molar refractivity (Wildman–Crippen MR) is 163 cm³/mol. The molecule has 0 aliphatic carbocycles. The zero-order valence-corrected chi connectivity index (χ0v) is 24.9. The minimum atomic E-state index is -0.900. The Morgan fingerprint density at radius 2 is 1.83 bits per heavy atom. The van der Waals surface area contributed by atoms with Gasteiger partial charge in [0.1, 0.15) is 5.52 Å². The number of fused-ring (bicyclic) bond motifs is 2. The third-order valence-electron chi connectivity index (χ3n) is 8.71. The molecular formula is C34H40N4O4. The lowest BCUT2D eigenvalue weighted by molar-refractivity contribution is -0.151. The summed E-state index contributed by atoms with van der Waals surface area (Å²) in [5.41, 5.74) is 8.34. The van der Waals surface area contributed by atoms with Crippen LogP contribution in [0.3, 0.4) is 0 Å². The van der Waals surface area contributed by atoms with Crippen molar-refractivity contribution >= 4 is 23.0 Å². The van der Waals surface area contributed by atoms with Crippen molar-refractivity contribution in [2.24, 2.45) is 5.41 Å². The molecule has 0 bridgehead atoms. The summed E-state index contributed by atoms with van der Waals surface area (Å²) in [6.07, 6.45) is 4.93. The fourth-order valence-corrected chi connectivity index (χ4v) is 6.29. The van der Waals surface area contributed by atoms with Crippen molar-refractivity contribution in [1.29, 1.82) is 0 Å². The molecule has 0 radical (unpaired) electrons. The van der Waals surface area contributed by atoms with Gasteiger partial charge in [-0.15, -0.1) is 5.10 Å². The van der Waals surface area contributed by atoms with Gasteiger partial charge >= 0.3 is 11.9 Å². The molecule has 0 fully saturated rings. The van der Waals surface area contributed by atoms with Crippen LogP contribution in [0, 0.1) is 12.3 Å². The second kappa shape index (κ2) is 12.4. The molecule has 3 aromatic carbocycles. The number of hydrogen-bond donors (Lipinski definition) is 2. The van der Waals surface area contributed by atoms with Crippen LogP contribution in [-0.4, -0.2) is 45.7 Å². The van der Waals surface area contributed by atoms with Gasteiger partial charge in [-0.3, -0.25) is 4.79 Å². The van der Waals surface area contributed by atoms with Crippen LogP contribution in [0.15, 0.2) is 54.6 Å². The number of carboxylic acid groups (broad SMARTS) is 1. The highest BCUT2D eigenvalue weighted by atomic mass is 16.5. The number of unbranched alkanes of at least 4 members (excludes halogenated alkanes) is 2. The molecule has 8 nitrogen and oxygen atoms in total. The Kier molecular flexibility index (Phi) is 8.73. The van der Waals surface area contributed by atoms with Gasteiger partial charge in [-0.2, -0.15) is 0 Å². The van der Waals surface area contributed by atoms with E-state index in [0.29, 0.717) is 5.56 Å². The highest BCUT2D eigenvalue weighted by molar-refractivity contribution is 5.87. The maximum Gasteiger partial charge on any atom is 0.335 e. The van der Waals surface area contributed by atoms with Crippen LogP contribution in [0.25, 0.3) is 11.0 Å². The highest BCUT2D eigenvalue weighted by Gasteiger charge is 2.41. The van der Waals surface area contributed by atoms with Crippen molar-refractivity contribution in [2.45, 2.75) is 71.9 Å². The first-order valence-corrected chi connectivity index (χ1v) is 14.8. The van der Waals surface area contributed by atoms with E-state index in [0.717, 1.165) is 85.0 Å². The van der Waals surface area contributed by atoms with Gasteiger partial charge in [-0.25, -0.2) is 9.48 Å². The first-order chi connectivity index (χ1) is 20.2. The lowest BCUT2D eigenvalue weighted by atomic mass is 9.69. The van der Waals surface area contributed by atoms with E-state index >= 15 is 0 Å². The van der Waals surface area contributed by atoms with Gasteiger partial charge < -0.3 is 15.2 Å². The minimum Gasteiger partial charge on any atom is -0.478 e. The number of benzene rings is 3. The summed E-state index contributed by atoms with van der Waals surface area (Å²) in [5, 5.41) is 21.6. The van der Waals surface area contributed by atoms with E-state index in [-0.39, 0.29) is 11.9 Å². The van der Waals surface area contributed by atoms with E-state index in [1.165, 1.54) is 18.2 Å². The number of esters is 1. The molecule has 8 heteroatoms. The first kappa shape index (κ1) is 29.5. The van der Waals surface area contributed by atoms with Gasteiger partial charge in [-0.05, 0) is 105 Å². The van der Waals surface area contributed by atoms with Crippen LogP contribution in [0.4, 0.5) is 0 Å². The maximum absolute atomic E-state index is 13.1. The molecule has 1 aliphatic heterocycles. The number of methoxy groups -OCH3 is 1. The van der Waals surface area contributed by atoms with E-state index in [1.54, 1.807) is 12.1 Å². The summed E-state index contributed by atoms with van der Waals surface area (Å²) in [6, 6.07) is 18.0. The SMILES string of the molecule is COC(=O)C(C)(C)C(c1ccc2c(c1)CNCC2)c1ccc2c(nnn2CCCCCc2ccc(C(=O)O)cc2)c1C. The smallest absolute Gasteiger partial charge is 0.335 e.